The Bertz CT molecular complexity index is 482. The highest BCUT2D eigenvalue weighted by molar-refractivity contribution is 7.10. The Kier molecular flexibility index (Phi) is 3.79. The zero-order valence-electron chi connectivity index (χ0n) is 12.8. The highest BCUT2D eigenvalue weighted by Gasteiger charge is 2.33. The topological polar surface area (TPSA) is 45.4 Å². The SMILES string of the molecule is Nc1nsc(N2CCC(CN3CCCC3)CC2)c1C1CC1. The van der Waals surface area contributed by atoms with Crippen LogP contribution in [-0.2, 0) is 0 Å². The first-order valence-electron chi connectivity index (χ1n) is 8.53. The van der Waals surface area contributed by atoms with Gasteiger partial charge in [-0.15, -0.1) is 0 Å². The fourth-order valence-electron chi connectivity index (χ4n) is 3.93. The zero-order chi connectivity index (χ0) is 14.2. The molecule has 0 atom stereocenters. The van der Waals surface area contributed by atoms with Gasteiger partial charge >= 0.3 is 0 Å². The van der Waals surface area contributed by atoms with E-state index in [-0.39, 0.29) is 0 Å². The van der Waals surface area contributed by atoms with Crippen molar-refractivity contribution in [1.82, 2.24) is 9.27 Å². The minimum Gasteiger partial charge on any atom is -0.383 e. The van der Waals surface area contributed by atoms with Gasteiger partial charge in [-0.25, -0.2) is 0 Å². The molecule has 4 rings (SSSR count). The molecule has 1 aliphatic carbocycles. The summed E-state index contributed by atoms with van der Waals surface area (Å²) >= 11 is 1.63. The van der Waals surface area contributed by atoms with Crippen LogP contribution in [-0.4, -0.2) is 42.0 Å². The summed E-state index contributed by atoms with van der Waals surface area (Å²) in [7, 11) is 0. The molecule has 4 nitrogen and oxygen atoms in total. The number of nitrogen functional groups attached to an aromatic ring is 1. The van der Waals surface area contributed by atoms with Crippen LogP contribution < -0.4 is 10.6 Å². The summed E-state index contributed by atoms with van der Waals surface area (Å²) in [5, 5.41) is 1.38. The van der Waals surface area contributed by atoms with Crippen molar-refractivity contribution in [3.8, 4) is 0 Å². The molecule has 1 aromatic rings. The van der Waals surface area contributed by atoms with Crippen molar-refractivity contribution in [3.63, 3.8) is 0 Å². The molecule has 0 amide bonds. The number of piperidine rings is 1. The highest BCUT2D eigenvalue weighted by atomic mass is 32.1. The van der Waals surface area contributed by atoms with Crippen LogP contribution in [0.15, 0.2) is 0 Å². The summed E-state index contributed by atoms with van der Waals surface area (Å²) in [4.78, 5) is 5.23. The van der Waals surface area contributed by atoms with E-state index in [1.54, 1.807) is 11.5 Å². The second-order valence-corrected chi connectivity index (χ2v) is 7.75. The number of nitrogens with zero attached hydrogens (tertiary/aromatic N) is 3. The van der Waals surface area contributed by atoms with Crippen molar-refractivity contribution < 1.29 is 0 Å². The van der Waals surface area contributed by atoms with Crippen LogP contribution in [0.5, 0.6) is 0 Å². The normalized spacial score (nSPS) is 24.9. The van der Waals surface area contributed by atoms with Crippen molar-refractivity contribution >= 4 is 22.4 Å². The van der Waals surface area contributed by atoms with Gasteiger partial charge in [-0.05, 0) is 75.0 Å². The van der Waals surface area contributed by atoms with Gasteiger partial charge in [0, 0.05) is 25.2 Å². The van der Waals surface area contributed by atoms with Crippen molar-refractivity contribution in [2.45, 2.75) is 44.4 Å². The number of hydrogen-bond donors (Lipinski definition) is 1. The monoisotopic (exact) mass is 306 g/mol. The lowest BCUT2D eigenvalue weighted by Gasteiger charge is -2.34. The summed E-state index contributed by atoms with van der Waals surface area (Å²) < 4.78 is 4.42. The zero-order valence-corrected chi connectivity index (χ0v) is 13.6. The molecule has 116 valence electrons. The molecule has 0 bridgehead atoms. The molecule has 0 spiro atoms. The van der Waals surface area contributed by atoms with Crippen molar-refractivity contribution in [3.05, 3.63) is 5.56 Å². The standard InChI is InChI=1S/C16H26N4S/c17-15-14(13-3-4-13)16(21-18-15)20-9-5-12(6-10-20)11-19-7-1-2-8-19/h12-13H,1-11H2,(H2,17,18). The van der Waals surface area contributed by atoms with Crippen LogP contribution >= 0.6 is 11.5 Å². The molecule has 3 aliphatic rings. The molecule has 3 fully saturated rings. The minimum atomic E-state index is 0.709. The van der Waals surface area contributed by atoms with E-state index in [0.717, 1.165) is 11.7 Å². The average Bonchev–Trinajstić information content (AvgIpc) is 3.06. The van der Waals surface area contributed by atoms with Gasteiger partial charge in [0.05, 0.1) is 0 Å². The Balaban J connectivity index is 1.36. The number of likely N-dealkylation sites (tertiary alicyclic amines) is 1. The second-order valence-electron chi connectivity index (χ2n) is 7.00. The fourth-order valence-corrected chi connectivity index (χ4v) is 4.88. The molecule has 2 aliphatic heterocycles. The van der Waals surface area contributed by atoms with Crippen LogP contribution in [0.25, 0.3) is 0 Å². The maximum Gasteiger partial charge on any atom is 0.142 e. The van der Waals surface area contributed by atoms with Gasteiger partial charge in [-0.2, -0.15) is 4.37 Å². The number of hydrogen-bond acceptors (Lipinski definition) is 5. The van der Waals surface area contributed by atoms with Crippen LogP contribution in [0, 0.1) is 5.92 Å². The van der Waals surface area contributed by atoms with E-state index in [2.05, 4.69) is 14.2 Å². The number of nitrogens with two attached hydrogens (primary N) is 1. The minimum absolute atomic E-state index is 0.709. The molecule has 1 aromatic heterocycles. The predicted molar refractivity (Wildman–Crippen MR) is 89.1 cm³/mol. The average molecular weight is 306 g/mol. The van der Waals surface area contributed by atoms with Crippen LogP contribution in [0.3, 0.4) is 0 Å². The number of aromatic nitrogens is 1. The summed E-state index contributed by atoms with van der Waals surface area (Å²) in [6.45, 7) is 6.38. The van der Waals surface area contributed by atoms with Crippen LogP contribution in [0.4, 0.5) is 10.8 Å². The summed E-state index contributed by atoms with van der Waals surface area (Å²) in [6.07, 6.45) is 8.09. The second kappa shape index (κ2) is 5.76. The van der Waals surface area contributed by atoms with Crippen molar-refractivity contribution in [2.75, 3.05) is 43.4 Å². The molecule has 21 heavy (non-hydrogen) atoms. The number of rotatable bonds is 4. The van der Waals surface area contributed by atoms with Crippen molar-refractivity contribution in [2.24, 2.45) is 5.92 Å². The molecule has 3 heterocycles. The van der Waals surface area contributed by atoms with Gasteiger partial charge in [0.2, 0.25) is 0 Å². The van der Waals surface area contributed by atoms with E-state index in [0.29, 0.717) is 5.92 Å². The lowest BCUT2D eigenvalue weighted by atomic mass is 9.96. The third-order valence-corrected chi connectivity index (χ3v) is 6.28. The van der Waals surface area contributed by atoms with E-state index in [9.17, 15) is 0 Å². The Morgan fingerprint density at radius 1 is 1.05 bits per heavy atom. The van der Waals surface area contributed by atoms with Crippen LogP contribution in [0.1, 0.15) is 50.0 Å². The van der Waals surface area contributed by atoms with Crippen LogP contribution in [0.2, 0.25) is 0 Å². The van der Waals surface area contributed by atoms with E-state index >= 15 is 0 Å². The smallest absolute Gasteiger partial charge is 0.142 e. The maximum absolute atomic E-state index is 6.09. The Morgan fingerprint density at radius 2 is 1.76 bits per heavy atom. The Labute approximate surface area is 131 Å². The molecule has 1 saturated carbocycles. The van der Waals surface area contributed by atoms with Gasteiger partial charge in [-0.1, -0.05) is 0 Å². The van der Waals surface area contributed by atoms with E-state index in [1.807, 2.05) is 0 Å². The summed E-state index contributed by atoms with van der Waals surface area (Å²) in [5.74, 6) is 2.41. The Morgan fingerprint density at radius 3 is 2.43 bits per heavy atom. The highest BCUT2D eigenvalue weighted by Crippen LogP contribution is 2.49. The lowest BCUT2D eigenvalue weighted by molar-refractivity contribution is 0.249. The van der Waals surface area contributed by atoms with E-state index in [4.69, 9.17) is 5.73 Å². The number of anilines is 2. The Hall–Kier alpha value is -0.810. The van der Waals surface area contributed by atoms with Gasteiger partial charge in [0.1, 0.15) is 10.8 Å². The first-order valence-corrected chi connectivity index (χ1v) is 9.31. The quantitative estimate of drug-likeness (QED) is 0.929. The van der Waals surface area contributed by atoms with Gasteiger partial charge in [0.25, 0.3) is 0 Å². The first kappa shape index (κ1) is 13.8. The molecule has 0 aromatic carbocycles. The molecule has 5 heteroatoms. The third-order valence-electron chi connectivity index (χ3n) is 5.34. The summed E-state index contributed by atoms with van der Waals surface area (Å²) in [6, 6.07) is 0. The van der Waals surface area contributed by atoms with Crippen molar-refractivity contribution in [1.29, 1.82) is 0 Å². The molecule has 2 N–H and O–H groups in total. The van der Waals surface area contributed by atoms with E-state index in [1.165, 1.54) is 81.8 Å². The lowest BCUT2D eigenvalue weighted by Crippen LogP contribution is -2.38. The molecule has 0 unspecified atom stereocenters. The summed E-state index contributed by atoms with van der Waals surface area (Å²) in [5.41, 5.74) is 7.46. The third kappa shape index (κ3) is 2.90. The molecule has 2 saturated heterocycles. The largest absolute Gasteiger partial charge is 0.383 e. The predicted octanol–water partition coefficient (Wildman–Crippen LogP) is 2.91. The first-order chi connectivity index (χ1) is 10.3. The fraction of sp³-hybridized carbons (Fsp3) is 0.812. The van der Waals surface area contributed by atoms with E-state index < -0.39 is 0 Å². The molecule has 0 radical (unpaired) electrons. The van der Waals surface area contributed by atoms with Gasteiger partial charge < -0.3 is 15.5 Å². The molecular weight excluding hydrogens is 280 g/mol. The maximum atomic E-state index is 6.09. The van der Waals surface area contributed by atoms with Gasteiger partial charge in [-0.3, -0.25) is 0 Å². The molecular formula is C16H26N4S. The van der Waals surface area contributed by atoms with Gasteiger partial charge in [0.15, 0.2) is 0 Å².